The summed E-state index contributed by atoms with van der Waals surface area (Å²) in [5, 5.41) is 6.00. The summed E-state index contributed by atoms with van der Waals surface area (Å²) in [5.41, 5.74) is 2.34. The molecule has 1 aromatic rings. The second-order valence-electron chi connectivity index (χ2n) is 4.78. The van der Waals surface area contributed by atoms with Crippen molar-refractivity contribution in [3.8, 4) is 0 Å². The van der Waals surface area contributed by atoms with Crippen molar-refractivity contribution in [3.05, 3.63) is 23.5 Å². The lowest BCUT2D eigenvalue weighted by molar-refractivity contribution is 0.0953. The molecule has 0 atom stereocenters. The number of aryl methyl sites for hydroxylation is 1. The molecule has 0 radical (unpaired) electrons. The highest BCUT2D eigenvalue weighted by atomic mass is 32.2. The third-order valence-corrected chi connectivity index (χ3v) is 3.81. The van der Waals surface area contributed by atoms with Gasteiger partial charge in [0, 0.05) is 25.5 Å². The average molecular weight is 295 g/mol. The van der Waals surface area contributed by atoms with Crippen molar-refractivity contribution in [1.82, 2.24) is 10.3 Å². The lowest BCUT2D eigenvalue weighted by Gasteiger charge is -2.10. The van der Waals surface area contributed by atoms with Crippen molar-refractivity contribution in [2.24, 2.45) is 0 Å². The highest BCUT2D eigenvalue weighted by molar-refractivity contribution is 7.98. The van der Waals surface area contributed by atoms with Gasteiger partial charge in [0.25, 0.3) is 5.91 Å². The summed E-state index contributed by atoms with van der Waals surface area (Å²) in [6.45, 7) is 2.65. The zero-order chi connectivity index (χ0) is 14.8. The Morgan fingerprint density at radius 3 is 2.75 bits per heavy atom. The number of amides is 1. The zero-order valence-corrected chi connectivity index (χ0v) is 13.5. The van der Waals surface area contributed by atoms with E-state index in [9.17, 15) is 4.79 Å². The normalized spacial score (nSPS) is 10.3. The van der Waals surface area contributed by atoms with Gasteiger partial charge in [0.1, 0.15) is 0 Å². The Kier molecular flexibility index (Phi) is 8.11. The van der Waals surface area contributed by atoms with E-state index >= 15 is 0 Å². The van der Waals surface area contributed by atoms with Crippen LogP contribution in [0.5, 0.6) is 0 Å². The molecule has 0 bridgehead atoms. The van der Waals surface area contributed by atoms with Crippen LogP contribution in [0, 0.1) is 6.92 Å². The molecule has 0 aliphatic rings. The van der Waals surface area contributed by atoms with E-state index in [1.165, 1.54) is 25.0 Å². The summed E-state index contributed by atoms with van der Waals surface area (Å²) in [7, 11) is 1.82. The third-order valence-electron chi connectivity index (χ3n) is 3.12. The van der Waals surface area contributed by atoms with E-state index in [1.807, 2.05) is 31.8 Å². The predicted octanol–water partition coefficient (Wildman–Crippen LogP) is 3.08. The molecule has 1 rings (SSSR count). The van der Waals surface area contributed by atoms with Crippen LogP contribution in [0.2, 0.25) is 0 Å². The van der Waals surface area contributed by atoms with Crippen molar-refractivity contribution in [1.29, 1.82) is 0 Å². The van der Waals surface area contributed by atoms with Crippen LogP contribution in [0.4, 0.5) is 5.69 Å². The molecule has 0 aliphatic carbocycles. The first kappa shape index (κ1) is 16.8. The van der Waals surface area contributed by atoms with Gasteiger partial charge in [-0.3, -0.25) is 9.78 Å². The molecular formula is C15H25N3OS. The van der Waals surface area contributed by atoms with E-state index in [2.05, 4.69) is 21.9 Å². The Bertz CT molecular complexity index is 424. The predicted molar refractivity (Wildman–Crippen MR) is 87.7 cm³/mol. The largest absolute Gasteiger partial charge is 0.387 e. The van der Waals surface area contributed by atoms with Crippen molar-refractivity contribution in [2.75, 3.05) is 30.9 Å². The first-order chi connectivity index (χ1) is 9.69. The lowest BCUT2D eigenvalue weighted by Crippen LogP contribution is -2.25. The number of aromatic nitrogens is 1. The Morgan fingerprint density at radius 2 is 2.05 bits per heavy atom. The number of hydrogen-bond acceptors (Lipinski definition) is 4. The maximum atomic E-state index is 12.1. The first-order valence-corrected chi connectivity index (χ1v) is 8.50. The second-order valence-corrected chi connectivity index (χ2v) is 5.77. The van der Waals surface area contributed by atoms with Gasteiger partial charge in [-0.15, -0.1) is 0 Å². The topological polar surface area (TPSA) is 54.0 Å². The number of nitrogens with zero attached hydrogens (tertiary/aromatic N) is 1. The first-order valence-electron chi connectivity index (χ1n) is 7.10. The molecule has 112 valence electrons. The van der Waals surface area contributed by atoms with Crippen LogP contribution in [0.1, 0.15) is 41.7 Å². The van der Waals surface area contributed by atoms with Crippen LogP contribution < -0.4 is 10.6 Å². The molecule has 4 nitrogen and oxygen atoms in total. The summed E-state index contributed by atoms with van der Waals surface area (Å²) < 4.78 is 0. The maximum Gasteiger partial charge on any atom is 0.254 e. The van der Waals surface area contributed by atoms with Gasteiger partial charge in [-0.25, -0.2) is 0 Å². The van der Waals surface area contributed by atoms with Gasteiger partial charge in [-0.2, -0.15) is 11.8 Å². The highest BCUT2D eigenvalue weighted by Crippen LogP contribution is 2.14. The van der Waals surface area contributed by atoms with Gasteiger partial charge in [0.15, 0.2) is 0 Å². The van der Waals surface area contributed by atoms with Gasteiger partial charge >= 0.3 is 0 Å². The number of anilines is 1. The minimum absolute atomic E-state index is 0.0500. The average Bonchev–Trinajstić information content (AvgIpc) is 2.45. The summed E-state index contributed by atoms with van der Waals surface area (Å²) in [6.07, 6.45) is 8.48. The van der Waals surface area contributed by atoms with Gasteiger partial charge in [-0.1, -0.05) is 12.8 Å². The molecule has 0 spiro atoms. The fourth-order valence-corrected chi connectivity index (χ4v) is 2.46. The number of hydrogen-bond donors (Lipinski definition) is 2. The van der Waals surface area contributed by atoms with Crippen LogP contribution in [-0.4, -0.2) is 36.5 Å². The molecule has 1 heterocycles. The van der Waals surface area contributed by atoms with Crippen LogP contribution in [0.3, 0.4) is 0 Å². The molecule has 0 saturated heterocycles. The second kappa shape index (κ2) is 9.64. The number of carbonyl (C=O) groups excluding carboxylic acids is 1. The van der Waals surface area contributed by atoms with Gasteiger partial charge in [0.2, 0.25) is 0 Å². The van der Waals surface area contributed by atoms with Crippen molar-refractivity contribution < 1.29 is 4.79 Å². The number of carbonyl (C=O) groups is 1. The molecule has 1 aromatic heterocycles. The van der Waals surface area contributed by atoms with E-state index in [0.717, 1.165) is 24.3 Å². The fourth-order valence-electron chi connectivity index (χ4n) is 1.97. The molecular weight excluding hydrogens is 270 g/mol. The molecule has 20 heavy (non-hydrogen) atoms. The van der Waals surface area contributed by atoms with E-state index in [-0.39, 0.29) is 5.91 Å². The smallest absolute Gasteiger partial charge is 0.254 e. The van der Waals surface area contributed by atoms with Crippen molar-refractivity contribution in [2.45, 2.75) is 32.6 Å². The maximum absolute atomic E-state index is 12.1. The number of pyridine rings is 1. The molecule has 0 unspecified atom stereocenters. The summed E-state index contributed by atoms with van der Waals surface area (Å²) in [5.74, 6) is 1.18. The Labute approximate surface area is 126 Å². The Hall–Kier alpha value is -1.23. The van der Waals surface area contributed by atoms with Crippen LogP contribution in [0.25, 0.3) is 0 Å². The summed E-state index contributed by atoms with van der Waals surface area (Å²) in [4.78, 5) is 16.3. The number of thioether (sulfide) groups is 1. The fraction of sp³-hybridized carbons (Fsp3) is 0.600. The van der Waals surface area contributed by atoms with E-state index in [1.54, 1.807) is 6.20 Å². The quantitative estimate of drug-likeness (QED) is 0.687. The molecule has 0 fully saturated rings. The minimum Gasteiger partial charge on any atom is -0.387 e. The summed E-state index contributed by atoms with van der Waals surface area (Å²) in [6, 6.07) is 1.89. The molecule has 0 aromatic carbocycles. The molecule has 0 aliphatic heterocycles. The Balaban J connectivity index is 2.32. The SMILES string of the molecule is CNc1cc(C)ncc1C(=O)NCCCCCCSC. The standard InChI is InChI=1S/C15H25N3OS/c1-12-10-14(16-2)13(11-18-12)15(19)17-8-6-4-5-7-9-20-3/h10-11H,4-9H2,1-3H3,(H,16,18)(H,17,19). The molecule has 2 N–H and O–H groups in total. The Morgan fingerprint density at radius 1 is 1.30 bits per heavy atom. The minimum atomic E-state index is -0.0500. The number of rotatable bonds is 9. The van der Waals surface area contributed by atoms with Crippen molar-refractivity contribution >= 4 is 23.4 Å². The third kappa shape index (κ3) is 5.82. The van der Waals surface area contributed by atoms with Crippen LogP contribution >= 0.6 is 11.8 Å². The highest BCUT2D eigenvalue weighted by Gasteiger charge is 2.10. The van der Waals surface area contributed by atoms with E-state index in [0.29, 0.717) is 5.56 Å². The van der Waals surface area contributed by atoms with Crippen molar-refractivity contribution in [3.63, 3.8) is 0 Å². The monoisotopic (exact) mass is 295 g/mol. The van der Waals surface area contributed by atoms with E-state index in [4.69, 9.17) is 0 Å². The van der Waals surface area contributed by atoms with Gasteiger partial charge in [-0.05, 0) is 37.8 Å². The van der Waals surface area contributed by atoms with Crippen LogP contribution in [0.15, 0.2) is 12.3 Å². The molecule has 0 saturated carbocycles. The lowest BCUT2D eigenvalue weighted by atomic mass is 10.2. The zero-order valence-electron chi connectivity index (χ0n) is 12.7. The van der Waals surface area contributed by atoms with Gasteiger partial charge in [0.05, 0.1) is 11.3 Å². The molecule has 1 amide bonds. The molecule has 5 heteroatoms. The summed E-state index contributed by atoms with van der Waals surface area (Å²) >= 11 is 1.89. The number of nitrogens with one attached hydrogen (secondary N) is 2. The van der Waals surface area contributed by atoms with Crippen LogP contribution in [-0.2, 0) is 0 Å². The number of unbranched alkanes of at least 4 members (excludes halogenated alkanes) is 3. The van der Waals surface area contributed by atoms with E-state index < -0.39 is 0 Å². The van der Waals surface area contributed by atoms with Gasteiger partial charge < -0.3 is 10.6 Å².